The molecule has 17 heavy (non-hydrogen) atoms. The van der Waals surface area contributed by atoms with Crippen LogP contribution in [0.1, 0.15) is 32.6 Å². The van der Waals surface area contributed by atoms with Gasteiger partial charge in [0.25, 0.3) is 0 Å². The number of amides is 2. The van der Waals surface area contributed by atoms with Crippen LogP contribution in [0.3, 0.4) is 0 Å². The molecule has 0 radical (unpaired) electrons. The van der Waals surface area contributed by atoms with E-state index >= 15 is 0 Å². The Balaban J connectivity index is 2.31. The highest BCUT2D eigenvalue weighted by atomic mass is 16.3. The van der Waals surface area contributed by atoms with Gasteiger partial charge in [0.15, 0.2) is 0 Å². The number of nitrogens with zero attached hydrogens (tertiary/aromatic N) is 1. The molecule has 1 unspecified atom stereocenters. The number of likely N-dealkylation sites (tertiary alicyclic amines) is 1. The summed E-state index contributed by atoms with van der Waals surface area (Å²) in [5.41, 5.74) is 0. The van der Waals surface area contributed by atoms with E-state index in [4.69, 9.17) is 5.11 Å². The monoisotopic (exact) mass is 242 g/mol. The zero-order chi connectivity index (χ0) is 12.7. The molecule has 1 saturated heterocycles. The Labute approximate surface area is 102 Å². The van der Waals surface area contributed by atoms with Gasteiger partial charge in [-0.25, -0.2) is 0 Å². The summed E-state index contributed by atoms with van der Waals surface area (Å²) in [6.45, 7) is 3.20. The number of rotatable bonds is 5. The van der Waals surface area contributed by atoms with Crippen molar-refractivity contribution in [3.63, 3.8) is 0 Å². The first-order valence-electron chi connectivity index (χ1n) is 6.29. The van der Waals surface area contributed by atoms with Gasteiger partial charge in [-0.15, -0.1) is 0 Å². The van der Waals surface area contributed by atoms with Crippen molar-refractivity contribution in [1.82, 2.24) is 10.2 Å². The van der Waals surface area contributed by atoms with Crippen LogP contribution in [0.4, 0.5) is 0 Å². The molecule has 0 saturated carbocycles. The molecule has 1 atom stereocenters. The van der Waals surface area contributed by atoms with E-state index in [-0.39, 0.29) is 30.9 Å². The fourth-order valence-corrected chi connectivity index (χ4v) is 1.79. The number of carbonyl (C=O) groups is 2. The second-order valence-corrected chi connectivity index (χ2v) is 4.72. The van der Waals surface area contributed by atoms with Gasteiger partial charge in [-0.1, -0.05) is 13.3 Å². The molecule has 1 rings (SSSR count). The third kappa shape index (κ3) is 5.17. The minimum Gasteiger partial charge on any atom is -0.396 e. The van der Waals surface area contributed by atoms with Gasteiger partial charge in [0.1, 0.15) is 0 Å². The Morgan fingerprint density at radius 3 is 2.94 bits per heavy atom. The summed E-state index contributed by atoms with van der Waals surface area (Å²) in [6.07, 6.45) is 3.52. The van der Waals surface area contributed by atoms with Crippen LogP contribution in [-0.2, 0) is 9.59 Å². The lowest BCUT2D eigenvalue weighted by atomic mass is 10.2. The van der Waals surface area contributed by atoms with E-state index in [0.29, 0.717) is 19.5 Å². The van der Waals surface area contributed by atoms with E-state index in [0.717, 1.165) is 19.3 Å². The van der Waals surface area contributed by atoms with Crippen LogP contribution < -0.4 is 5.32 Å². The van der Waals surface area contributed by atoms with Gasteiger partial charge in [0.2, 0.25) is 11.8 Å². The van der Waals surface area contributed by atoms with E-state index < -0.39 is 0 Å². The lowest BCUT2D eigenvalue weighted by molar-refractivity contribution is -0.135. The quantitative estimate of drug-likeness (QED) is 0.720. The maximum atomic E-state index is 11.6. The number of carbonyl (C=O) groups excluding carboxylic acids is 2. The van der Waals surface area contributed by atoms with Crippen molar-refractivity contribution < 1.29 is 14.7 Å². The van der Waals surface area contributed by atoms with Gasteiger partial charge >= 0.3 is 0 Å². The van der Waals surface area contributed by atoms with Crippen LogP contribution in [0, 0.1) is 5.92 Å². The maximum absolute atomic E-state index is 11.6. The van der Waals surface area contributed by atoms with Crippen molar-refractivity contribution in [2.75, 3.05) is 26.2 Å². The van der Waals surface area contributed by atoms with E-state index in [1.807, 2.05) is 6.92 Å². The molecule has 5 nitrogen and oxygen atoms in total. The summed E-state index contributed by atoms with van der Waals surface area (Å²) in [5, 5.41) is 11.6. The molecule has 2 N–H and O–H groups in total. The summed E-state index contributed by atoms with van der Waals surface area (Å²) in [4.78, 5) is 24.9. The molecule has 0 aliphatic carbocycles. The lowest BCUT2D eigenvalue weighted by Gasteiger charge is -2.20. The molecule has 2 amide bonds. The molecular formula is C12H22N2O3. The summed E-state index contributed by atoms with van der Waals surface area (Å²) in [6, 6.07) is 0. The van der Waals surface area contributed by atoms with Gasteiger partial charge in [0, 0.05) is 26.1 Å². The Morgan fingerprint density at radius 2 is 2.24 bits per heavy atom. The fraction of sp³-hybridized carbons (Fsp3) is 0.833. The predicted molar refractivity (Wildman–Crippen MR) is 64.3 cm³/mol. The van der Waals surface area contributed by atoms with E-state index in [1.165, 1.54) is 0 Å². The van der Waals surface area contributed by atoms with Crippen LogP contribution in [0.5, 0.6) is 0 Å². The van der Waals surface area contributed by atoms with Crippen molar-refractivity contribution in [3.05, 3.63) is 0 Å². The third-order valence-corrected chi connectivity index (χ3v) is 2.97. The first-order chi connectivity index (χ1) is 8.13. The van der Waals surface area contributed by atoms with Gasteiger partial charge < -0.3 is 15.3 Å². The second-order valence-electron chi connectivity index (χ2n) is 4.72. The normalized spacial score (nSPS) is 18.7. The molecule has 1 fully saturated rings. The predicted octanol–water partition coefficient (Wildman–Crippen LogP) is 0.134. The highest BCUT2D eigenvalue weighted by Gasteiger charge is 2.19. The summed E-state index contributed by atoms with van der Waals surface area (Å²) in [7, 11) is 0. The van der Waals surface area contributed by atoms with Gasteiger partial charge in [-0.05, 0) is 18.8 Å². The Kier molecular flexibility index (Phi) is 5.97. The van der Waals surface area contributed by atoms with Crippen molar-refractivity contribution in [2.24, 2.45) is 5.92 Å². The molecule has 1 aliphatic heterocycles. The van der Waals surface area contributed by atoms with Crippen LogP contribution in [0.2, 0.25) is 0 Å². The largest absolute Gasteiger partial charge is 0.396 e. The number of aliphatic hydroxyl groups is 1. The molecule has 0 aromatic heterocycles. The maximum Gasteiger partial charge on any atom is 0.239 e. The minimum atomic E-state index is -0.138. The SMILES string of the molecule is CC(CO)CNC(=O)CN1CCCCCC1=O. The standard InChI is InChI=1S/C12H22N2O3/c1-10(9-15)7-13-11(16)8-14-6-4-2-3-5-12(14)17/h10,15H,2-9H2,1H3,(H,13,16). The average molecular weight is 242 g/mol. The van der Waals surface area contributed by atoms with Crippen molar-refractivity contribution in [3.8, 4) is 0 Å². The smallest absolute Gasteiger partial charge is 0.239 e. The summed E-state index contributed by atoms with van der Waals surface area (Å²) in [5.74, 6) is -0.00723. The Bertz CT molecular complexity index is 268. The van der Waals surface area contributed by atoms with Crippen molar-refractivity contribution in [1.29, 1.82) is 0 Å². The van der Waals surface area contributed by atoms with Crippen LogP contribution in [0.25, 0.3) is 0 Å². The first-order valence-corrected chi connectivity index (χ1v) is 6.29. The number of nitrogens with one attached hydrogen (secondary N) is 1. The van der Waals surface area contributed by atoms with E-state index in [2.05, 4.69) is 5.32 Å². The summed E-state index contributed by atoms with van der Waals surface area (Å²) >= 11 is 0. The minimum absolute atomic E-state index is 0.0544. The van der Waals surface area contributed by atoms with Crippen molar-refractivity contribution >= 4 is 11.8 Å². The van der Waals surface area contributed by atoms with Crippen LogP contribution in [0.15, 0.2) is 0 Å². The van der Waals surface area contributed by atoms with Crippen LogP contribution >= 0.6 is 0 Å². The number of hydrogen-bond acceptors (Lipinski definition) is 3. The molecular weight excluding hydrogens is 220 g/mol. The molecule has 5 heteroatoms. The average Bonchev–Trinajstić information content (AvgIpc) is 2.52. The highest BCUT2D eigenvalue weighted by Crippen LogP contribution is 2.10. The molecule has 1 heterocycles. The number of hydrogen-bond donors (Lipinski definition) is 2. The molecule has 0 aromatic rings. The lowest BCUT2D eigenvalue weighted by Crippen LogP contribution is -2.41. The van der Waals surface area contributed by atoms with Crippen LogP contribution in [-0.4, -0.2) is 48.1 Å². The van der Waals surface area contributed by atoms with E-state index in [1.54, 1.807) is 4.90 Å². The highest BCUT2D eigenvalue weighted by molar-refractivity contribution is 5.84. The van der Waals surface area contributed by atoms with Gasteiger partial charge in [-0.2, -0.15) is 0 Å². The zero-order valence-electron chi connectivity index (χ0n) is 10.4. The Morgan fingerprint density at radius 1 is 1.47 bits per heavy atom. The Hall–Kier alpha value is -1.10. The molecule has 0 aromatic carbocycles. The second kappa shape index (κ2) is 7.27. The fourth-order valence-electron chi connectivity index (χ4n) is 1.79. The van der Waals surface area contributed by atoms with E-state index in [9.17, 15) is 9.59 Å². The zero-order valence-corrected chi connectivity index (χ0v) is 10.4. The topological polar surface area (TPSA) is 69.6 Å². The first kappa shape index (κ1) is 14.0. The number of aliphatic hydroxyl groups excluding tert-OH is 1. The van der Waals surface area contributed by atoms with Crippen molar-refractivity contribution in [2.45, 2.75) is 32.6 Å². The molecule has 1 aliphatic rings. The van der Waals surface area contributed by atoms with Gasteiger partial charge in [0.05, 0.1) is 6.54 Å². The van der Waals surface area contributed by atoms with Gasteiger partial charge in [-0.3, -0.25) is 9.59 Å². The molecule has 0 spiro atoms. The third-order valence-electron chi connectivity index (χ3n) is 2.97. The molecule has 98 valence electrons. The molecule has 0 bridgehead atoms. The summed E-state index contributed by atoms with van der Waals surface area (Å²) < 4.78 is 0.